The van der Waals surface area contributed by atoms with Gasteiger partial charge >= 0.3 is 0 Å². The number of halogens is 1. The van der Waals surface area contributed by atoms with E-state index in [4.69, 9.17) is 0 Å². The quantitative estimate of drug-likeness (QED) is 0.246. The highest BCUT2D eigenvalue weighted by Crippen LogP contribution is 2.13. The van der Waals surface area contributed by atoms with Crippen molar-refractivity contribution in [1.82, 2.24) is 6.15 Å². The Labute approximate surface area is 169 Å². The molecule has 150 valence electrons. The predicted molar refractivity (Wildman–Crippen MR) is 132 cm³/mol. The molecule has 0 aliphatic heterocycles. The van der Waals surface area contributed by atoms with Crippen LogP contribution in [0.4, 0.5) is 0 Å². The van der Waals surface area contributed by atoms with E-state index in [1.54, 1.807) is 35.1 Å². The summed E-state index contributed by atoms with van der Waals surface area (Å²) in [5, 5.41) is 0. The third-order valence-corrected chi connectivity index (χ3v) is 42.2. The number of hydrogen-bond donors (Lipinski definition) is 1. The molecule has 0 fully saturated rings. The molecule has 0 atom stereocenters. The SMILES string of the molecule is CCCCCCCCCCCCCCCCCC[SiH2][SiH2][SiH2][SiH3].Cl.N. The lowest BCUT2D eigenvalue weighted by Gasteiger charge is -2.03. The summed E-state index contributed by atoms with van der Waals surface area (Å²) in [5.74, 6) is 0. The van der Waals surface area contributed by atoms with Crippen LogP contribution >= 0.6 is 12.4 Å². The fraction of sp³-hybridized carbons (Fsp3) is 1.00. The van der Waals surface area contributed by atoms with Gasteiger partial charge in [-0.25, -0.2) is 0 Å². The zero-order valence-electron chi connectivity index (χ0n) is 17.3. The molecule has 3 N–H and O–H groups in total. The largest absolute Gasteiger partial charge is 0.344 e. The van der Waals surface area contributed by atoms with E-state index in [0.29, 0.717) is 26.1 Å². The Morgan fingerprint density at radius 1 is 0.583 bits per heavy atom. The van der Waals surface area contributed by atoms with Crippen LogP contribution in [0.3, 0.4) is 0 Å². The summed E-state index contributed by atoms with van der Waals surface area (Å²) in [6.07, 6.45) is 24.1. The maximum Gasteiger partial charge on any atom is 0.00464 e. The number of rotatable bonds is 19. The van der Waals surface area contributed by atoms with Crippen molar-refractivity contribution in [3.8, 4) is 0 Å². The summed E-state index contributed by atoms with van der Waals surface area (Å²) in [5.41, 5.74) is 0. The Morgan fingerprint density at radius 3 is 1.25 bits per heavy atom. The first-order chi connectivity index (χ1) is 10.9. The molecule has 0 amide bonds. The fourth-order valence-corrected chi connectivity index (χ4v) is 29.7. The van der Waals surface area contributed by atoms with Gasteiger partial charge in [0.15, 0.2) is 0 Å². The summed E-state index contributed by atoms with van der Waals surface area (Å²) >= 11 is 0. The van der Waals surface area contributed by atoms with Crippen molar-refractivity contribution >= 4 is 48.3 Å². The zero-order valence-corrected chi connectivity index (χ0v) is 24.3. The molecule has 0 saturated carbocycles. The van der Waals surface area contributed by atoms with Crippen molar-refractivity contribution in [2.24, 2.45) is 0 Å². The Morgan fingerprint density at radius 2 is 0.917 bits per heavy atom. The molecule has 6 heteroatoms. The van der Waals surface area contributed by atoms with Crippen molar-refractivity contribution in [2.75, 3.05) is 0 Å². The summed E-state index contributed by atoms with van der Waals surface area (Å²) in [7, 11) is 3.61. The molecule has 0 bridgehead atoms. The number of hydrogen-bond acceptors (Lipinski definition) is 1. The molecule has 0 aliphatic carbocycles. The molecule has 24 heavy (non-hydrogen) atoms. The first kappa shape index (κ1) is 29.9. The number of unbranched alkanes of at least 4 members (excludes halogenated alkanes) is 15. The monoisotopic (exact) mass is 427 g/mol. The molecule has 0 aromatic carbocycles. The molecule has 1 nitrogen and oxygen atoms in total. The highest BCUT2D eigenvalue weighted by molar-refractivity contribution is 7.41. The Kier molecular flexibility index (Phi) is 36.0. The van der Waals surface area contributed by atoms with Crippen LogP contribution in [0, 0.1) is 0 Å². The lowest BCUT2D eigenvalue weighted by molar-refractivity contribution is 0.531. The minimum Gasteiger partial charge on any atom is -0.344 e. The molecule has 0 aromatic rings. The van der Waals surface area contributed by atoms with Crippen LogP contribution in [0.2, 0.25) is 6.04 Å². The van der Waals surface area contributed by atoms with Crippen molar-refractivity contribution in [2.45, 2.75) is 116 Å². The van der Waals surface area contributed by atoms with Gasteiger partial charge in [0.2, 0.25) is 0 Å². The van der Waals surface area contributed by atoms with Crippen molar-refractivity contribution < 1.29 is 0 Å². The van der Waals surface area contributed by atoms with Gasteiger partial charge in [0.25, 0.3) is 0 Å². The van der Waals surface area contributed by atoms with E-state index in [-0.39, 0.29) is 18.6 Å². The van der Waals surface area contributed by atoms with E-state index in [9.17, 15) is 0 Å². The fourth-order valence-electron chi connectivity index (χ4n) is 3.33. The van der Waals surface area contributed by atoms with E-state index < -0.39 is 0 Å². The van der Waals surface area contributed by atoms with Crippen molar-refractivity contribution in [3.05, 3.63) is 0 Å². The minimum atomic E-state index is 0. The molecule has 0 rings (SSSR count). The highest BCUT2D eigenvalue weighted by atomic mass is 35.5. The van der Waals surface area contributed by atoms with Crippen LogP contribution in [0.25, 0.3) is 0 Å². The van der Waals surface area contributed by atoms with Crippen LogP contribution in [-0.4, -0.2) is 35.9 Å². The van der Waals surface area contributed by atoms with Gasteiger partial charge in [0, 0.05) is 9.04 Å². The smallest absolute Gasteiger partial charge is 0.00464 e. The normalized spacial score (nSPS) is 11.9. The van der Waals surface area contributed by atoms with Crippen LogP contribution in [0.1, 0.15) is 110 Å². The Bertz CT molecular complexity index is 180. The van der Waals surface area contributed by atoms with E-state index in [2.05, 4.69) is 6.92 Å². The molecule has 0 saturated heterocycles. The Balaban J connectivity index is -0.00000220. The van der Waals surface area contributed by atoms with E-state index in [1.807, 2.05) is 0 Å². The molecule has 0 spiro atoms. The molecular weight excluding hydrogens is 378 g/mol. The van der Waals surface area contributed by atoms with Gasteiger partial charge in [-0.05, 0) is 26.9 Å². The summed E-state index contributed by atoms with van der Waals surface area (Å²) < 4.78 is 0. The second kappa shape index (κ2) is 28.9. The molecular formula is C18H50ClNSi4. The van der Waals surface area contributed by atoms with Crippen LogP contribution in [-0.2, 0) is 0 Å². The van der Waals surface area contributed by atoms with Crippen LogP contribution < -0.4 is 6.15 Å². The summed E-state index contributed by atoms with van der Waals surface area (Å²) in [4.78, 5) is 0. The minimum absolute atomic E-state index is 0. The Hall–Kier alpha value is 1.12. The van der Waals surface area contributed by atoms with Gasteiger partial charge in [-0.3, -0.25) is 0 Å². The molecule has 0 unspecified atom stereocenters. The van der Waals surface area contributed by atoms with Gasteiger partial charge in [0.1, 0.15) is 0 Å². The van der Waals surface area contributed by atoms with Crippen LogP contribution in [0.5, 0.6) is 0 Å². The predicted octanol–water partition coefficient (Wildman–Crippen LogP) is 3.87. The van der Waals surface area contributed by atoms with E-state index >= 15 is 0 Å². The van der Waals surface area contributed by atoms with E-state index in [1.165, 1.54) is 83.5 Å². The second-order valence-corrected chi connectivity index (χ2v) is 33.1. The maximum absolute atomic E-state index is 2.30. The molecule has 0 radical (unpaired) electrons. The van der Waals surface area contributed by atoms with Crippen molar-refractivity contribution in [1.29, 1.82) is 0 Å². The second-order valence-electron chi connectivity index (χ2n) is 7.36. The standard InChI is InChI=1S/C18H46Si4.ClH.H3N/c1-2-3-4-5-6-7-8-9-10-11-12-13-14-15-16-17-18-20-22-21-19;;/h2-18,20-22H2,1,19H3;1H;1H3. The van der Waals surface area contributed by atoms with Crippen molar-refractivity contribution in [3.63, 3.8) is 0 Å². The maximum atomic E-state index is 2.30. The summed E-state index contributed by atoms with van der Waals surface area (Å²) in [6.45, 7) is 2.30. The average molecular weight is 428 g/mol. The van der Waals surface area contributed by atoms with Gasteiger partial charge in [-0.1, -0.05) is 116 Å². The van der Waals surface area contributed by atoms with Gasteiger partial charge in [0.05, 0.1) is 0 Å². The molecule has 0 aliphatic rings. The molecule has 0 aromatic heterocycles. The lowest BCUT2D eigenvalue weighted by Crippen LogP contribution is -2.11. The highest BCUT2D eigenvalue weighted by Gasteiger charge is 1.95. The third-order valence-electron chi connectivity index (χ3n) is 4.96. The van der Waals surface area contributed by atoms with Gasteiger partial charge in [-0.2, -0.15) is 0 Å². The first-order valence-electron chi connectivity index (χ1n) is 10.9. The first-order valence-corrected chi connectivity index (χ1v) is 25.6. The third kappa shape index (κ3) is 27.9. The van der Waals surface area contributed by atoms with Gasteiger partial charge < -0.3 is 6.15 Å². The zero-order chi connectivity index (χ0) is 16.1. The van der Waals surface area contributed by atoms with E-state index in [0.717, 1.165) is 0 Å². The lowest BCUT2D eigenvalue weighted by atomic mass is 10.0. The molecule has 0 heterocycles. The topological polar surface area (TPSA) is 35.0 Å². The summed E-state index contributed by atoms with van der Waals surface area (Å²) in [6, 6.07) is 1.74. The average Bonchev–Trinajstić information content (AvgIpc) is 2.54. The van der Waals surface area contributed by atoms with Crippen LogP contribution in [0.15, 0.2) is 0 Å². The van der Waals surface area contributed by atoms with Gasteiger partial charge in [-0.15, -0.1) is 12.4 Å².